The first-order chi connectivity index (χ1) is 16.6. The quantitative estimate of drug-likeness (QED) is 0.314. The number of aromatic amines is 1. The standard InChI is InChI=1S/C28H29N3O2S/c1-3-21-12-8-9-13-25(21)30-28(34)31(18-20-10-6-5-7-11-20)19-23-16-22-17-24(33-4-2)14-15-26(22)29-27(23)32/h5-17H,3-4,18-19H2,1-2H3,(H,29,32)(H,30,34). The number of para-hydroxylation sites is 1. The number of ether oxygens (including phenoxy) is 1. The summed E-state index contributed by atoms with van der Waals surface area (Å²) >= 11 is 5.84. The molecule has 6 heteroatoms. The Morgan fingerprint density at radius 1 is 0.941 bits per heavy atom. The molecule has 5 nitrogen and oxygen atoms in total. The largest absolute Gasteiger partial charge is 0.494 e. The molecule has 0 bridgehead atoms. The molecular weight excluding hydrogens is 442 g/mol. The molecular formula is C28H29N3O2S. The van der Waals surface area contributed by atoms with E-state index in [4.69, 9.17) is 17.0 Å². The van der Waals surface area contributed by atoms with Gasteiger partial charge < -0.3 is 19.9 Å². The number of H-pyrrole nitrogens is 1. The van der Waals surface area contributed by atoms with Gasteiger partial charge in [0.25, 0.3) is 5.56 Å². The Kier molecular flexibility index (Phi) is 7.60. The van der Waals surface area contributed by atoms with Gasteiger partial charge in [-0.05, 0) is 67.0 Å². The second-order valence-electron chi connectivity index (χ2n) is 8.09. The summed E-state index contributed by atoms with van der Waals surface area (Å²) in [5, 5.41) is 4.91. The first kappa shape index (κ1) is 23.5. The van der Waals surface area contributed by atoms with Crippen molar-refractivity contribution in [2.75, 3.05) is 11.9 Å². The van der Waals surface area contributed by atoms with E-state index in [0.29, 0.717) is 30.4 Å². The molecule has 0 radical (unpaired) electrons. The van der Waals surface area contributed by atoms with Crippen LogP contribution in [-0.2, 0) is 19.5 Å². The Morgan fingerprint density at radius 2 is 1.71 bits per heavy atom. The number of hydrogen-bond donors (Lipinski definition) is 2. The molecule has 0 fully saturated rings. The van der Waals surface area contributed by atoms with Crippen LogP contribution in [0.1, 0.15) is 30.5 Å². The zero-order valence-electron chi connectivity index (χ0n) is 19.5. The zero-order chi connectivity index (χ0) is 23.9. The van der Waals surface area contributed by atoms with Crippen LogP contribution in [0.25, 0.3) is 10.9 Å². The van der Waals surface area contributed by atoms with Gasteiger partial charge in [-0.3, -0.25) is 4.79 Å². The summed E-state index contributed by atoms with van der Waals surface area (Å²) in [5.74, 6) is 0.780. The highest BCUT2D eigenvalue weighted by Gasteiger charge is 2.15. The molecule has 0 aliphatic carbocycles. The minimum absolute atomic E-state index is 0.119. The van der Waals surface area contributed by atoms with Crippen LogP contribution in [0.5, 0.6) is 5.75 Å². The molecule has 3 aromatic carbocycles. The number of aryl methyl sites for hydroxylation is 1. The van der Waals surface area contributed by atoms with E-state index in [9.17, 15) is 4.79 Å². The minimum atomic E-state index is -0.119. The van der Waals surface area contributed by atoms with Crippen molar-refractivity contribution >= 4 is 33.9 Å². The molecule has 0 aliphatic heterocycles. The van der Waals surface area contributed by atoms with Crippen molar-refractivity contribution in [3.8, 4) is 5.75 Å². The Balaban J connectivity index is 1.66. The van der Waals surface area contributed by atoms with Gasteiger partial charge in [0, 0.05) is 28.7 Å². The first-order valence-electron chi connectivity index (χ1n) is 11.5. The van der Waals surface area contributed by atoms with Gasteiger partial charge in [0.05, 0.1) is 13.2 Å². The predicted molar refractivity (Wildman–Crippen MR) is 143 cm³/mol. The number of nitrogens with one attached hydrogen (secondary N) is 2. The summed E-state index contributed by atoms with van der Waals surface area (Å²) in [6, 6.07) is 25.9. The predicted octanol–water partition coefficient (Wildman–Crippen LogP) is 5.89. The van der Waals surface area contributed by atoms with Crippen molar-refractivity contribution in [2.45, 2.75) is 33.4 Å². The SMILES string of the molecule is CCOc1ccc2[nH]c(=O)c(CN(Cc3ccccc3)C(=S)Nc3ccccc3CC)cc2c1. The second-order valence-corrected chi connectivity index (χ2v) is 8.47. The lowest BCUT2D eigenvalue weighted by Gasteiger charge is -2.27. The van der Waals surface area contributed by atoms with Crippen molar-refractivity contribution < 1.29 is 4.74 Å². The molecule has 4 aromatic rings. The number of anilines is 1. The van der Waals surface area contributed by atoms with E-state index in [0.717, 1.165) is 34.3 Å². The number of nitrogens with zero attached hydrogens (tertiary/aromatic N) is 1. The maximum Gasteiger partial charge on any atom is 0.253 e. The normalized spacial score (nSPS) is 10.8. The summed E-state index contributed by atoms with van der Waals surface area (Å²) in [7, 11) is 0. The minimum Gasteiger partial charge on any atom is -0.494 e. The van der Waals surface area contributed by atoms with E-state index in [1.165, 1.54) is 5.56 Å². The van der Waals surface area contributed by atoms with Crippen LogP contribution in [0.4, 0.5) is 5.69 Å². The summed E-state index contributed by atoms with van der Waals surface area (Å²) < 4.78 is 5.64. The average Bonchev–Trinajstić information content (AvgIpc) is 2.85. The Labute approximate surface area is 205 Å². The van der Waals surface area contributed by atoms with Gasteiger partial charge in [0.1, 0.15) is 5.75 Å². The van der Waals surface area contributed by atoms with E-state index in [1.807, 2.05) is 72.5 Å². The van der Waals surface area contributed by atoms with E-state index >= 15 is 0 Å². The zero-order valence-corrected chi connectivity index (χ0v) is 20.3. The van der Waals surface area contributed by atoms with Gasteiger partial charge in [-0.15, -0.1) is 0 Å². The Morgan fingerprint density at radius 3 is 2.47 bits per heavy atom. The smallest absolute Gasteiger partial charge is 0.253 e. The highest BCUT2D eigenvalue weighted by Crippen LogP contribution is 2.21. The van der Waals surface area contributed by atoms with Gasteiger partial charge in [0.2, 0.25) is 0 Å². The van der Waals surface area contributed by atoms with Crippen molar-refractivity contribution in [3.05, 3.63) is 106 Å². The molecule has 4 rings (SSSR count). The lowest BCUT2D eigenvalue weighted by molar-refractivity contribution is 0.340. The van der Waals surface area contributed by atoms with E-state index in [1.54, 1.807) is 0 Å². The third-order valence-corrected chi connectivity index (χ3v) is 6.07. The third-order valence-electron chi connectivity index (χ3n) is 5.71. The number of thiocarbonyl (C=S) groups is 1. The van der Waals surface area contributed by atoms with Crippen LogP contribution in [0.2, 0.25) is 0 Å². The lowest BCUT2D eigenvalue weighted by atomic mass is 10.1. The van der Waals surface area contributed by atoms with Crippen molar-refractivity contribution in [2.24, 2.45) is 0 Å². The highest BCUT2D eigenvalue weighted by molar-refractivity contribution is 7.80. The molecule has 0 unspecified atom stereocenters. The second kappa shape index (κ2) is 11.0. The molecule has 1 heterocycles. The highest BCUT2D eigenvalue weighted by atomic mass is 32.1. The Hall–Kier alpha value is -3.64. The van der Waals surface area contributed by atoms with Crippen LogP contribution >= 0.6 is 12.2 Å². The van der Waals surface area contributed by atoms with Crippen LogP contribution in [0.15, 0.2) is 83.7 Å². The number of aromatic nitrogens is 1. The molecule has 0 saturated carbocycles. The topological polar surface area (TPSA) is 57.4 Å². The van der Waals surface area contributed by atoms with E-state index in [2.05, 4.69) is 35.4 Å². The fourth-order valence-corrected chi connectivity index (χ4v) is 4.20. The molecule has 0 aliphatic rings. The van der Waals surface area contributed by atoms with Gasteiger partial charge in [0.15, 0.2) is 5.11 Å². The van der Waals surface area contributed by atoms with Crippen molar-refractivity contribution in [1.82, 2.24) is 9.88 Å². The molecule has 2 N–H and O–H groups in total. The monoisotopic (exact) mass is 471 g/mol. The fraction of sp³-hybridized carbons (Fsp3) is 0.214. The molecule has 0 atom stereocenters. The molecule has 34 heavy (non-hydrogen) atoms. The first-order valence-corrected chi connectivity index (χ1v) is 11.9. The number of rotatable bonds is 8. The summed E-state index contributed by atoms with van der Waals surface area (Å²) in [6.07, 6.45) is 0.900. The van der Waals surface area contributed by atoms with Crippen LogP contribution in [0, 0.1) is 0 Å². The number of benzene rings is 3. The molecule has 0 amide bonds. The number of hydrogen-bond acceptors (Lipinski definition) is 3. The van der Waals surface area contributed by atoms with Gasteiger partial charge in [-0.25, -0.2) is 0 Å². The summed E-state index contributed by atoms with van der Waals surface area (Å²) in [4.78, 5) is 18.0. The molecule has 0 spiro atoms. The van der Waals surface area contributed by atoms with E-state index in [-0.39, 0.29) is 5.56 Å². The van der Waals surface area contributed by atoms with E-state index < -0.39 is 0 Å². The maximum atomic E-state index is 12.9. The van der Waals surface area contributed by atoms with Crippen molar-refractivity contribution in [3.63, 3.8) is 0 Å². The Bertz CT molecular complexity index is 1330. The molecule has 0 saturated heterocycles. The average molecular weight is 472 g/mol. The van der Waals surface area contributed by atoms with Crippen molar-refractivity contribution in [1.29, 1.82) is 0 Å². The lowest BCUT2D eigenvalue weighted by Crippen LogP contribution is -2.35. The third kappa shape index (κ3) is 5.64. The number of pyridine rings is 1. The fourth-order valence-electron chi connectivity index (χ4n) is 3.96. The van der Waals surface area contributed by atoms with Crippen LogP contribution < -0.4 is 15.6 Å². The van der Waals surface area contributed by atoms with Crippen LogP contribution in [-0.4, -0.2) is 21.6 Å². The van der Waals surface area contributed by atoms with Gasteiger partial charge in [-0.1, -0.05) is 55.5 Å². The van der Waals surface area contributed by atoms with Gasteiger partial charge >= 0.3 is 0 Å². The summed E-state index contributed by atoms with van der Waals surface area (Å²) in [6.45, 7) is 5.62. The van der Waals surface area contributed by atoms with Crippen LogP contribution in [0.3, 0.4) is 0 Å². The molecule has 1 aromatic heterocycles. The number of fused-ring (bicyclic) bond motifs is 1. The summed E-state index contributed by atoms with van der Waals surface area (Å²) in [5.41, 5.74) is 4.60. The van der Waals surface area contributed by atoms with Gasteiger partial charge in [-0.2, -0.15) is 0 Å². The molecule has 174 valence electrons. The maximum absolute atomic E-state index is 12.9.